The average Bonchev–Trinajstić information content (AvgIpc) is 2.68. The second kappa shape index (κ2) is 9.48. The van der Waals surface area contributed by atoms with Crippen LogP contribution in [0.5, 0.6) is 5.75 Å². The smallest absolute Gasteiger partial charge is 0.251 e. The van der Waals surface area contributed by atoms with Crippen LogP contribution in [0.2, 0.25) is 0 Å². The summed E-state index contributed by atoms with van der Waals surface area (Å²) >= 11 is 2.78. The molecule has 0 spiro atoms. The van der Waals surface area contributed by atoms with Crippen molar-refractivity contribution < 1.29 is 9.90 Å². The zero-order chi connectivity index (χ0) is 19.9. The lowest BCUT2D eigenvalue weighted by Crippen LogP contribution is -2.23. The van der Waals surface area contributed by atoms with Crippen LogP contribution in [0.4, 0.5) is 5.69 Å². The number of amides is 1. The first kappa shape index (κ1) is 20.0. The Kier molecular flexibility index (Phi) is 6.78. The number of aromatic amines is 1. The number of benzene rings is 2. The van der Waals surface area contributed by atoms with Gasteiger partial charge in [-0.1, -0.05) is 30.0 Å². The molecule has 6 nitrogen and oxygen atoms in total. The van der Waals surface area contributed by atoms with Crippen LogP contribution in [-0.4, -0.2) is 26.2 Å². The molecular formula is C20H19N3O3S2. The lowest BCUT2D eigenvalue weighted by atomic mass is 10.3. The number of phenols is 1. The Labute approximate surface area is 170 Å². The van der Waals surface area contributed by atoms with E-state index in [4.69, 9.17) is 0 Å². The minimum absolute atomic E-state index is 0.132. The highest BCUT2D eigenvalue weighted by Gasteiger charge is 2.16. The van der Waals surface area contributed by atoms with Gasteiger partial charge in [-0.15, -0.1) is 11.8 Å². The zero-order valence-electron chi connectivity index (χ0n) is 15.1. The number of rotatable bonds is 7. The topological polar surface area (TPSA) is 95.1 Å². The normalized spacial score (nSPS) is 11.8. The fraction of sp³-hybridized carbons (Fsp3) is 0.150. The molecule has 1 aromatic heterocycles. The summed E-state index contributed by atoms with van der Waals surface area (Å²) in [6, 6.07) is 17.6. The molecule has 3 N–H and O–H groups in total. The van der Waals surface area contributed by atoms with Gasteiger partial charge in [0.25, 0.3) is 5.56 Å². The number of aromatic nitrogens is 2. The van der Waals surface area contributed by atoms with Gasteiger partial charge in [-0.25, -0.2) is 4.98 Å². The number of hydrogen-bond donors (Lipinski definition) is 3. The van der Waals surface area contributed by atoms with Crippen molar-refractivity contribution in [1.82, 2.24) is 9.97 Å². The molecule has 0 saturated carbocycles. The second-order valence-corrected chi connectivity index (χ2v) is 8.32. The number of carbonyl (C=O) groups excluding carboxylic acids is 1. The molecule has 0 bridgehead atoms. The van der Waals surface area contributed by atoms with Gasteiger partial charge in [0.05, 0.1) is 10.9 Å². The Morgan fingerprint density at radius 2 is 1.89 bits per heavy atom. The molecule has 0 aliphatic carbocycles. The van der Waals surface area contributed by atoms with Crippen molar-refractivity contribution in [3.63, 3.8) is 0 Å². The van der Waals surface area contributed by atoms with Gasteiger partial charge >= 0.3 is 0 Å². The summed E-state index contributed by atoms with van der Waals surface area (Å²) in [5.41, 5.74) is 1.00. The van der Waals surface area contributed by atoms with E-state index < -0.39 is 5.25 Å². The molecular weight excluding hydrogens is 394 g/mol. The maximum absolute atomic E-state index is 12.4. The number of thioether (sulfide) groups is 2. The standard InChI is InChI=1S/C20H19N3O3S2/c1-13(19(26)21-14-7-9-16(24)10-8-14)28-20-22-15(11-18(25)23-20)12-27-17-5-3-2-4-6-17/h2-11,13,24H,12H2,1H3,(H,21,26)(H,22,23,25). The molecule has 8 heteroatoms. The van der Waals surface area contributed by atoms with E-state index >= 15 is 0 Å². The average molecular weight is 414 g/mol. The quantitative estimate of drug-likeness (QED) is 0.309. The number of nitrogens with zero attached hydrogens (tertiary/aromatic N) is 1. The van der Waals surface area contributed by atoms with Crippen molar-refractivity contribution >= 4 is 35.1 Å². The number of phenolic OH excluding ortho intramolecular Hbond substituents is 1. The predicted octanol–water partition coefficient (Wildman–Crippen LogP) is 3.89. The molecule has 0 aliphatic rings. The van der Waals surface area contributed by atoms with Crippen molar-refractivity contribution in [2.45, 2.75) is 28.0 Å². The molecule has 0 fully saturated rings. The number of nitrogens with one attached hydrogen (secondary N) is 2. The summed E-state index contributed by atoms with van der Waals surface area (Å²) in [6.45, 7) is 1.74. The van der Waals surface area contributed by atoms with Crippen LogP contribution in [0, 0.1) is 0 Å². The highest BCUT2D eigenvalue weighted by molar-refractivity contribution is 8.00. The number of anilines is 1. The first-order valence-corrected chi connectivity index (χ1v) is 10.4. The van der Waals surface area contributed by atoms with E-state index in [0.29, 0.717) is 22.3 Å². The summed E-state index contributed by atoms with van der Waals surface area (Å²) in [6.07, 6.45) is 0. The number of H-pyrrole nitrogens is 1. The molecule has 3 rings (SSSR count). The second-order valence-electron chi connectivity index (χ2n) is 5.94. The van der Waals surface area contributed by atoms with Crippen LogP contribution in [0.3, 0.4) is 0 Å². The summed E-state index contributed by atoms with van der Waals surface area (Å²) in [4.78, 5) is 32.6. The van der Waals surface area contributed by atoms with E-state index in [-0.39, 0.29) is 17.2 Å². The van der Waals surface area contributed by atoms with E-state index in [0.717, 1.165) is 4.90 Å². The summed E-state index contributed by atoms with van der Waals surface area (Å²) in [5.74, 6) is 0.477. The molecule has 1 amide bonds. The third kappa shape index (κ3) is 5.90. The number of aromatic hydroxyl groups is 1. The van der Waals surface area contributed by atoms with Crippen molar-refractivity contribution in [2.75, 3.05) is 5.32 Å². The summed E-state index contributed by atoms with van der Waals surface area (Å²) < 4.78 is 0. The van der Waals surface area contributed by atoms with Gasteiger partial charge in [0.2, 0.25) is 5.91 Å². The van der Waals surface area contributed by atoms with Gasteiger partial charge in [0, 0.05) is 22.4 Å². The first-order valence-electron chi connectivity index (χ1n) is 8.54. The van der Waals surface area contributed by atoms with Crippen LogP contribution in [0.25, 0.3) is 0 Å². The fourth-order valence-corrected chi connectivity index (χ4v) is 3.94. The van der Waals surface area contributed by atoms with Crippen molar-refractivity contribution in [3.8, 4) is 5.75 Å². The van der Waals surface area contributed by atoms with Crippen molar-refractivity contribution in [1.29, 1.82) is 0 Å². The molecule has 1 heterocycles. The highest BCUT2D eigenvalue weighted by Crippen LogP contribution is 2.24. The Bertz CT molecular complexity index is 992. The third-order valence-electron chi connectivity index (χ3n) is 3.70. The maximum Gasteiger partial charge on any atom is 0.251 e. The van der Waals surface area contributed by atoms with Gasteiger partial charge in [-0.2, -0.15) is 0 Å². The Morgan fingerprint density at radius 1 is 1.18 bits per heavy atom. The molecule has 144 valence electrons. The lowest BCUT2D eigenvalue weighted by molar-refractivity contribution is -0.115. The van der Waals surface area contributed by atoms with E-state index in [9.17, 15) is 14.7 Å². The zero-order valence-corrected chi connectivity index (χ0v) is 16.7. The van der Waals surface area contributed by atoms with Crippen molar-refractivity contribution in [2.24, 2.45) is 0 Å². The van der Waals surface area contributed by atoms with E-state index in [1.165, 1.54) is 30.0 Å². The minimum atomic E-state index is -0.464. The monoisotopic (exact) mass is 413 g/mol. The first-order chi connectivity index (χ1) is 13.5. The number of hydrogen-bond acceptors (Lipinski definition) is 6. The highest BCUT2D eigenvalue weighted by atomic mass is 32.2. The van der Waals surface area contributed by atoms with Crippen LogP contribution < -0.4 is 10.9 Å². The maximum atomic E-state index is 12.4. The van der Waals surface area contributed by atoms with Gasteiger partial charge < -0.3 is 15.4 Å². The minimum Gasteiger partial charge on any atom is -0.508 e. The van der Waals surface area contributed by atoms with Gasteiger partial charge in [0.15, 0.2) is 5.16 Å². The van der Waals surface area contributed by atoms with Crippen LogP contribution >= 0.6 is 23.5 Å². The summed E-state index contributed by atoms with van der Waals surface area (Å²) in [7, 11) is 0. The molecule has 3 aromatic rings. The van der Waals surface area contributed by atoms with Crippen molar-refractivity contribution in [3.05, 3.63) is 76.7 Å². The predicted molar refractivity (Wildman–Crippen MR) is 113 cm³/mol. The van der Waals surface area contributed by atoms with Gasteiger partial charge in [-0.3, -0.25) is 9.59 Å². The SMILES string of the molecule is CC(Sc1nc(CSc2ccccc2)cc(=O)[nH]1)C(=O)Nc1ccc(O)cc1. The molecule has 0 saturated heterocycles. The Morgan fingerprint density at radius 3 is 2.61 bits per heavy atom. The molecule has 28 heavy (non-hydrogen) atoms. The Hall–Kier alpha value is -2.71. The largest absolute Gasteiger partial charge is 0.508 e. The molecule has 0 radical (unpaired) electrons. The molecule has 2 aromatic carbocycles. The van der Waals surface area contributed by atoms with Gasteiger partial charge in [-0.05, 0) is 43.3 Å². The third-order valence-corrected chi connectivity index (χ3v) is 5.73. The number of carbonyl (C=O) groups is 1. The van der Waals surface area contributed by atoms with E-state index in [2.05, 4.69) is 15.3 Å². The molecule has 0 aliphatic heterocycles. The Balaban J connectivity index is 1.62. The van der Waals surface area contributed by atoms with Gasteiger partial charge in [0.1, 0.15) is 5.75 Å². The fourth-order valence-electron chi connectivity index (χ4n) is 2.30. The lowest BCUT2D eigenvalue weighted by Gasteiger charge is -2.12. The summed E-state index contributed by atoms with van der Waals surface area (Å²) in [5, 5.41) is 12.0. The van der Waals surface area contributed by atoms with Crippen LogP contribution in [0.15, 0.2) is 75.5 Å². The van der Waals surface area contributed by atoms with E-state index in [1.54, 1.807) is 30.8 Å². The van der Waals surface area contributed by atoms with Crippen LogP contribution in [0.1, 0.15) is 12.6 Å². The van der Waals surface area contributed by atoms with E-state index in [1.807, 2.05) is 30.3 Å². The van der Waals surface area contributed by atoms with Crippen LogP contribution in [-0.2, 0) is 10.5 Å². The molecule has 1 atom stereocenters. The molecule has 1 unspecified atom stereocenters.